The van der Waals surface area contributed by atoms with Gasteiger partial charge in [-0.2, -0.15) is 0 Å². The summed E-state index contributed by atoms with van der Waals surface area (Å²) in [4.78, 5) is 15.2. The fourth-order valence-corrected chi connectivity index (χ4v) is 3.04. The number of aryl methyl sites for hydroxylation is 1. The second-order valence-electron chi connectivity index (χ2n) is 5.02. The topological polar surface area (TPSA) is 50.2 Å². The van der Waals surface area contributed by atoms with Crippen molar-refractivity contribution in [2.24, 2.45) is 0 Å². The standard InChI is InChI=1S/C17H11F2NO2S/c1-9-2-4-14-13(6-9)20-15(23-14)5-3-10-7-11(18)16(17(21)22)12(19)8-10/h2-8H,1H3,(H,21,22)/b5-3+. The van der Waals surface area contributed by atoms with E-state index < -0.39 is 23.2 Å². The minimum atomic E-state index is -1.63. The lowest BCUT2D eigenvalue weighted by Crippen LogP contribution is -2.04. The van der Waals surface area contributed by atoms with E-state index in [0.29, 0.717) is 5.01 Å². The number of fused-ring (bicyclic) bond motifs is 1. The van der Waals surface area contributed by atoms with Crippen LogP contribution in [0, 0.1) is 18.6 Å². The van der Waals surface area contributed by atoms with Crippen LogP contribution in [0.15, 0.2) is 30.3 Å². The number of halogens is 2. The van der Waals surface area contributed by atoms with Crippen LogP contribution in [0.5, 0.6) is 0 Å². The molecule has 0 radical (unpaired) electrons. The van der Waals surface area contributed by atoms with Crippen molar-refractivity contribution in [2.75, 3.05) is 0 Å². The molecule has 0 saturated heterocycles. The number of carboxylic acid groups (broad SMARTS) is 1. The van der Waals surface area contributed by atoms with Crippen LogP contribution in [0.4, 0.5) is 8.78 Å². The Balaban J connectivity index is 1.94. The molecule has 0 fully saturated rings. The summed E-state index contributed by atoms with van der Waals surface area (Å²) >= 11 is 1.46. The van der Waals surface area contributed by atoms with Crippen molar-refractivity contribution in [1.82, 2.24) is 4.98 Å². The number of hydrogen-bond donors (Lipinski definition) is 1. The number of aromatic nitrogens is 1. The van der Waals surface area contributed by atoms with Crippen LogP contribution in [0.25, 0.3) is 22.4 Å². The molecule has 23 heavy (non-hydrogen) atoms. The van der Waals surface area contributed by atoms with Crippen LogP contribution in [-0.4, -0.2) is 16.1 Å². The lowest BCUT2D eigenvalue weighted by atomic mass is 10.1. The Labute approximate surface area is 134 Å². The van der Waals surface area contributed by atoms with E-state index in [4.69, 9.17) is 5.11 Å². The molecule has 1 N–H and O–H groups in total. The Morgan fingerprint density at radius 2 is 1.87 bits per heavy atom. The highest BCUT2D eigenvalue weighted by molar-refractivity contribution is 7.19. The molecule has 0 unspecified atom stereocenters. The highest BCUT2D eigenvalue weighted by Crippen LogP contribution is 2.25. The second kappa shape index (κ2) is 5.89. The van der Waals surface area contributed by atoms with Gasteiger partial charge in [0, 0.05) is 0 Å². The SMILES string of the molecule is Cc1ccc2sc(/C=C/c3cc(F)c(C(=O)O)c(F)c3)nc2c1. The summed E-state index contributed by atoms with van der Waals surface area (Å²) in [7, 11) is 0. The van der Waals surface area contributed by atoms with Crippen LogP contribution in [-0.2, 0) is 0 Å². The molecule has 0 saturated carbocycles. The van der Waals surface area contributed by atoms with Gasteiger partial charge >= 0.3 is 5.97 Å². The summed E-state index contributed by atoms with van der Waals surface area (Å²) in [5, 5.41) is 9.44. The number of rotatable bonds is 3. The zero-order valence-electron chi connectivity index (χ0n) is 12.0. The summed E-state index contributed by atoms with van der Waals surface area (Å²) in [5.74, 6) is -3.83. The van der Waals surface area contributed by atoms with Gasteiger partial charge in [-0.05, 0) is 48.4 Å². The van der Waals surface area contributed by atoms with Crippen molar-refractivity contribution in [3.05, 3.63) is 63.7 Å². The molecule has 0 aliphatic rings. The van der Waals surface area contributed by atoms with Crippen molar-refractivity contribution in [2.45, 2.75) is 6.92 Å². The van der Waals surface area contributed by atoms with Crippen molar-refractivity contribution < 1.29 is 18.7 Å². The number of benzene rings is 2. The van der Waals surface area contributed by atoms with Crippen LogP contribution < -0.4 is 0 Å². The Morgan fingerprint density at radius 1 is 1.17 bits per heavy atom. The zero-order valence-corrected chi connectivity index (χ0v) is 12.8. The molecule has 0 bridgehead atoms. The molecule has 0 aliphatic carbocycles. The predicted molar refractivity (Wildman–Crippen MR) is 86.6 cm³/mol. The van der Waals surface area contributed by atoms with Crippen LogP contribution in [0.3, 0.4) is 0 Å². The second-order valence-corrected chi connectivity index (χ2v) is 6.08. The number of hydrogen-bond acceptors (Lipinski definition) is 3. The van der Waals surface area contributed by atoms with Gasteiger partial charge in [0.05, 0.1) is 10.2 Å². The van der Waals surface area contributed by atoms with E-state index in [1.54, 1.807) is 6.08 Å². The molecule has 1 heterocycles. The summed E-state index contributed by atoms with van der Waals surface area (Å²) in [6.07, 6.45) is 3.15. The molecule has 3 nitrogen and oxygen atoms in total. The number of carbonyl (C=O) groups is 1. The van der Waals surface area contributed by atoms with Gasteiger partial charge in [0.15, 0.2) is 0 Å². The van der Waals surface area contributed by atoms with Gasteiger partial charge in [-0.15, -0.1) is 11.3 Å². The monoisotopic (exact) mass is 331 g/mol. The molecule has 3 aromatic rings. The van der Waals surface area contributed by atoms with E-state index in [-0.39, 0.29) is 5.56 Å². The predicted octanol–water partition coefficient (Wildman–Crippen LogP) is 4.75. The molecule has 2 aromatic carbocycles. The molecular formula is C17H11F2NO2S. The minimum absolute atomic E-state index is 0.237. The fourth-order valence-electron chi connectivity index (χ4n) is 2.19. The maximum atomic E-state index is 13.6. The number of nitrogens with zero attached hydrogens (tertiary/aromatic N) is 1. The highest BCUT2D eigenvalue weighted by Gasteiger charge is 2.17. The molecule has 0 aliphatic heterocycles. The Kier molecular flexibility index (Phi) is 3.92. The van der Waals surface area contributed by atoms with Crippen LogP contribution >= 0.6 is 11.3 Å². The smallest absolute Gasteiger partial charge is 0.341 e. The lowest BCUT2D eigenvalue weighted by Gasteiger charge is -2.01. The first kappa shape index (κ1) is 15.3. The van der Waals surface area contributed by atoms with Crippen molar-refractivity contribution in [3.63, 3.8) is 0 Å². The van der Waals surface area contributed by atoms with E-state index in [9.17, 15) is 13.6 Å². The summed E-state index contributed by atoms with van der Waals surface area (Å²) in [6, 6.07) is 7.90. The van der Waals surface area contributed by atoms with E-state index >= 15 is 0 Å². The van der Waals surface area contributed by atoms with E-state index in [1.165, 1.54) is 17.4 Å². The Hall–Kier alpha value is -2.60. The molecule has 1 aromatic heterocycles. The lowest BCUT2D eigenvalue weighted by molar-refractivity contribution is 0.0686. The van der Waals surface area contributed by atoms with E-state index in [2.05, 4.69) is 4.98 Å². The van der Waals surface area contributed by atoms with Crippen LogP contribution in [0.1, 0.15) is 26.5 Å². The van der Waals surface area contributed by atoms with E-state index in [1.807, 2.05) is 25.1 Å². The van der Waals surface area contributed by atoms with Crippen molar-refractivity contribution >= 4 is 39.7 Å². The van der Waals surface area contributed by atoms with Crippen LogP contribution in [0.2, 0.25) is 0 Å². The molecular weight excluding hydrogens is 320 g/mol. The molecule has 0 amide bonds. The summed E-state index contributed by atoms with van der Waals surface area (Å²) in [6.45, 7) is 1.98. The quantitative estimate of drug-likeness (QED) is 0.753. The molecule has 0 spiro atoms. The van der Waals surface area contributed by atoms with Crippen molar-refractivity contribution in [1.29, 1.82) is 0 Å². The number of aromatic carboxylic acids is 1. The molecule has 6 heteroatoms. The third-order valence-corrected chi connectivity index (χ3v) is 4.26. The average Bonchev–Trinajstić information content (AvgIpc) is 2.86. The molecule has 0 atom stereocenters. The first-order chi connectivity index (χ1) is 10.9. The normalized spacial score (nSPS) is 11.4. The third kappa shape index (κ3) is 3.12. The third-order valence-electron chi connectivity index (χ3n) is 3.26. The Morgan fingerprint density at radius 3 is 2.52 bits per heavy atom. The first-order valence-electron chi connectivity index (χ1n) is 6.71. The maximum Gasteiger partial charge on any atom is 0.341 e. The maximum absolute atomic E-state index is 13.6. The van der Waals surface area contributed by atoms with Gasteiger partial charge in [0.2, 0.25) is 0 Å². The van der Waals surface area contributed by atoms with Gasteiger partial charge in [-0.25, -0.2) is 18.6 Å². The van der Waals surface area contributed by atoms with Gasteiger partial charge < -0.3 is 5.11 Å². The fraction of sp³-hybridized carbons (Fsp3) is 0.0588. The Bertz CT molecular complexity index is 924. The molecule has 116 valence electrons. The van der Waals surface area contributed by atoms with Gasteiger partial charge in [-0.3, -0.25) is 0 Å². The van der Waals surface area contributed by atoms with E-state index in [0.717, 1.165) is 27.9 Å². The number of thiazole rings is 1. The highest BCUT2D eigenvalue weighted by atomic mass is 32.1. The zero-order chi connectivity index (χ0) is 16.6. The number of carboxylic acids is 1. The summed E-state index contributed by atoms with van der Waals surface area (Å²) in [5.41, 5.74) is 1.26. The summed E-state index contributed by atoms with van der Waals surface area (Å²) < 4.78 is 28.3. The van der Waals surface area contributed by atoms with Crippen molar-refractivity contribution in [3.8, 4) is 0 Å². The van der Waals surface area contributed by atoms with Gasteiger partial charge in [0.25, 0.3) is 0 Å². The average molecular weight is 331 g/mol. The molecule has 3 rings (SSSR count). The first-order valence-corrected chi connectivity index (χ1v) is 7.53. The van der Waals surface area contributed by atoms with Gasteiger partial charge in [0.1, 0.15) is 22.2 Å². The minimum Gasteiger partial charge on any atom is -0.477 e. The van der Waals surface area contributed by atoms with Gasteiger partial charge in [-0.1, -0.05) is 12.1 Å². The largest absolute Gasteiger partial charge is 0.477 e.